The standard InChI is InChI=1S/C22H26N3O2/c1-14-12-15(2)20(16(3)13-14)25-22(24-11-7-10-19(24)23-25)21(26)17-8-5-6-9-18(17)27-4/h5-6,8-9,12-13,21,26H,7,10-11H2,1-4H3/q+1. The number of aliphatic hydroxyl groups excluding tert-OH is 1. The Hall–Kier alpha value is -2.66. The van der Waals surface area contributed by atoms with Crippen LogP contribution in [0, 0.1) is 20.8 Å². The molecule has 1 atom stereocenters. The first-order valence-corrected chi connectivity index (χ1v) is 9.42. The van der Waals surface area contributed by atoms with Crippen LogP contribution < -0.4 is 9.30 Å². The second-order valence-electron chi connectivity index (χ2n) is 7.33. The third-order valence-electron chi connectivity index (χ3n) is 5.33. The molecule has 0 amide bonds. The highest BCUT2D eigenvalue weighted by atomic mass is 16.5. The van der Waals surface area contributed by atoms with Crippen molar-refractivity contribution in [1.29, 1.82) is 0 Å². The lowest BCUT2D eigenvalue weighted by Crippen LogP contribution is -2.38. The van der Waals surface area contributed by atoms with E-state index >= 15 is 0 Å². The molecular weight excluding hydrogens is 338 g/mol. The summed E-state index contributed by atoms with van der Waals surface area (Å²) < 4.78 is 9.60. The Labute approximate surface area is 159 Å². The Bertz CT molecular complexity index is 984. The lowest BCUT2D eigenvalue weighted by Gasteiger charge is -2.15. The summed E-state index contributed by atoms with van der Waals surface area (Å²) >= 11 is 0. The Kier molecular flexibility index (Phi) is 4.48. The van der Waals surface area contributed by atoms with Gasteiger partial charge in [-0.3, -0.25) is 0 Å². The lowest BCUT2D eigenvalue weighted by atomic mass is 10.0. The number of para-hydroxylation sites is 1. The van der Waals surface area contributed by atoms with E-state index in [-0.39, 0.29) is 0 Å². The van der Waals surface area contributed by atoms with Gasteiger partial charge in [0.15, 0.2) is 6.10 Å². The minimum atomic E-state index is -0.819. The predicted molar refractivity (Wildman–Crippen MR) is 103 cm³/mol. The van der Waals surface area contributed by atoms with E-state index in [0.717, 1.165) is 53.4 Å². The molecule has 1 N–H and O–H groups in total. The van der Waals surface area contributed by atoms with Crippen LogP contribution in [0.2, 0.25) is 0 Å². The quantitative estimate of drug-likeness (QED) is 0.724. The van der Waals surface area contributed by atoms with Gasteiger partial charge in [0.1, 0.15) is 11.4 Å². The van der Waals surface area contributed by atoms with Gasteiger partial charge in [-0.15, -0.1) is 0 Å². The number of benzene rings is 2. The molecule has 0 radical (unpaired) electrons. The number of fused-ring (bicyclic) bond motifs is 1. The van der Waals surface area contributed by atoms with Gasteiger partial charge in [-0.2, -0.15) is 0 Å². The molecule has 27 heavy (non-hydrogen) atoms. The molecule has 0 saturated heterocycles. The first-order chi connectivity index (χ1) is 13.0. The second-order valence-corrected chi connectivity index (χ2v) is 7.33. The molecule has 2 aromatic carbocycles. The summed E-state index contributed by atoms with van der Waals surface area (Å²) in [4.78, 5) is 0. The second kappa shape index (κ2) is 6.82. The highest BCUT2D eigenvalue weighted by Gasteiger charge is 2.37. The van der Waals surface area contributed by atoms with Crippen LogP contribution in [0.25, 0.3) is 5.69 Å². The number of methoxy groups -OCH3 is 1. The molecule has 3 aromatic rings. The maximum absolute atomic E-state index is 11.4. The topological polar surface area (TPSA) is 51.2 Å². The van der Waals surface area contributed by atoms with Crippen molar-refractivity contribution in [3.8, 4) is 11.4 Å². The van der Waals surface area contributed by atoms with E-state index in [2.05, 4.69) is 37.5 Å². The first-order valence-electron chi connectivity index (χ1n) is 9.42. The number of ether oxygens (including phenoxy) is 1. The monoisotopic (exact) mass is 364 g/mol. The molecule has 0 fully saturated rings. The van der Waals surface area contributed by atoms with E-state index in [0.29, 0.717) is 5.75 Å². The fourth-order valence-electron chi connectivity index (χ4n) is 4.26. The summed E-state index contributed by atoms with van der Waals surface area (Å²) in [6, 6.07) is 12.0. The van der Waals surface area contributed by atoms with Crippen molar-refractivity contribution in [2.24, 2.45) is 0 Å². The summed E-state index contributed by atoms with van der Waals surface area (Å²) in [5.41, 5.74) is 5.34. The Morgan fingerprint density at radius 2 is 1.85 bits per heavy atom. The molecule has 1 unspecified atom stereocenters. The molecule has 0 bridgehead atoms. The number of nitrogens with zero attached hydrogens (tertiary/aromatic N) is 3. The predicted octanol–water partition coefficient (Wildman–Crippen LogP) is 3.12. The molecule has 0 aliphatic carbocycles. The average molecular weight is 364 g/mol. The summed E-state index contributed by atoms with van der Waals surface area (Å²) in [6.45, 7) is 7.19. The summed E-state index contributed by atoms with van der Waals surface area (Å²) in [6.07, 6.45) is 1.17. The molecule has 5 nitrogen and oxygen atoms in total. The van der Waals surface area contributed by atoms with Crippen LogP contribution in [0.1, 0.15) is 46.4 Å². The average Bonchev–Trinajstić information content (AvgIpc) is 3.21. The van der Waals surface area contributed by atoms with Crippen molar-refractivity contribution >= 4 is 0 Å². The zero-order valence-corrected chi connectivity index (χ0v) is 16.4. The molecule has 4 rings (SSSR count). The zero-order valence-electron chi connectivity index (χ0n) is 16.4. The molecule has 1 aliphatic heterocycles. The van der Waals surface area contributed by atoms with Crippen molar-refractivity contribution in [2.45, 2.75) is 46.3 Å². The Morgan fingerprint density at radius 3 is 2.56 bits per heavy atom. The third-order valence-corrected chi connectivity index (χ3v) is 5.33. The van der Waals surface area contributed by atoms with E-state index in [4.69, 9.17) is 9.84 Å². The van der Waals surface area contributed by atoms with Crippen LogP contribution in [-0.4, -0.2) is 22.0 Å². The van der Waals surface area contributed by atoms with Crippen molar-refractivity contribution in [3.63, 3.8) is 0 Å². The Balaban J connectivity index is 1.94. The molecule has 1 aromatic heterocycles. The molecular formula is C22H26N3O2+. The largest absolute Gasteiger partial charge is 0.496 e. The van der Waals surface area contributed by atoms with Gasteiger partial charge in [-0.1, -0.05) is 40.6 Å². The van der Waals surface area contributed by atoms with Gasteiger partial charge >= 0.3 is 0 Å². The maximum Gasteiger partial charge on any atom is 0.278 e. The van der Waals surface area contributed by atoms with E-state index in [1.165, 1.54) is 5.56 Å². The highest BCUT2D eigenvalue weighted by molar-refractivity contribution is 5.49. The SMILES string of the molecule is COc1ccccc1C(O)c1n(-c2c(C)cc(C)cc2C)nc2[n+]1CCC2. The minimum absolute atomic E-state index is 0.683. The van der Waals surface area contributed by atoms with Gasteiger partial charge in [0, 0.05) is 17.1 Å². The number of aliphatic hydroxyl groups is 1. The molecule has 2 heterocycles. The smallest absolute Gasteiger partial charge is 0.278 e. The van der Waals surface area contributed by atoms with Gasteiger partial charge in [-0.05, 0) is 44.4 Å². The molecule has 0 spiro atoms. The molecule has 1 aliphatic rings. The number of aryl methyl sites for hydroxylation is 4. The third kappa shape index (κ3) is 2.92. The fraction of sp³-hybridized carbons (Fsp3) is 0.364. The molecule has 0 saturated carbocycles. The zero-order chi connectivity index (χ0) is 19.1. The van der Waals surface area contributed by atoms with E-state index in [1.807, 2.05) is 28.9 Å². The normalized spacial score (nSPS) is 14.3. The first kappa shape index (κ1) is 17.7. The van der Waals surface area contributed by atoms with Gasteiger partial charge in [-0.25, -0.2) is 4.57 Å². The van der Waals surface area contributed by atoms with Gasteiger partial charge in [0.05, 0.1) is 13.7 Å². The van der Waals surface area contributed by atoms with Crippen molar-refractivity contribution in [2.75, 3.05) is 7.11 Å². The van der Waals surface area contributed by atoms with Crippen molar-refractivity contribution in [1.82, 2.24) is 9.78 Å². The van der Waals surface area contributed by atoms with Gasteiger partial charge in [0.2, 0.25) is 0 Å². The van der Waals surface area contributed by atoms with Crippen LogP contribution >= 0.6 is 0 Å². The van der Waals surface area contributed by atoms with E-state index in [9.17, 15) is 5.11 Å². The fourth-order valence-corrected chi connectivity index (χ4v) is 4.26. The Morgan fingerprint density at radius 1 is 1.15 bits per heavy atom. The van der Waals surface area contributed by atoms with Gasteiger partial charge < -0.3 is 9.84 Å². The van der Waals surface area contributed by atoms with Crippen LogP contribution in [0.5, 0.6) is 5.75 Å². The number of aromatic nitrogens is 3. The summed E-state index contributed by atoms with van der Waals surface area (Å²) in [5, 5.41) is 16.3. The van der Waals surface area contributed by atoms with Crippen LogP contribution in [0.3, 0.4) is 0 Å². The highest BCUT2D eigenvalue weighted by Crippen LogP contribution is 2.32. The summed E-state index contributed by atoms with van der Waals surface area (Å²) in [7, 11) is 1.63. The van der Waals surface area contributed by atoms with Crippen molar-refractivity contribution in [3.05, 3.63) is 70.3 Å². The number of hydrogen-bond donors (Lipinski definition) is 1. The van der Waals surface area contributed by atoms with E-state index < -0.39 is 6.10 Å². The van der Waals surface area contributed by atoms with Crippen LogP contribution in [0.4, 0.5) is 0 Å². The van der Waals surface area contributed by atoms with Crippen molar-refractivity contribution < 1.29 is 14.4 Å². The summed E-state index contributed by atoms with van der Waals surface area (Å²) in [5.74, 6) is 2.50. The van der Waals surface area contributed by atoms with Crippen LogP contribution in [0.15, 0.2) is 36.4 Å². The van der Waals surface area contributed by atoms with Crippen LogP contribution in [-0.2, 0) is 13.0 Å². The molecule has 5 heteroatoms. The maximum atomic E-state index is 11.4. The number of hydrogen-bond acceptors (Lipinski definition) is 3. The molecule has 140 valence electrons. The minimum Gasteiger partial charge on any atom is -0.496 e. The lowest BCUT2D eigenvalue weighted by molar-refractivity contribution is -0.701. The van der Waals surface area contributed by atoms with Gasteiger partial charge in [0.25, 0.3) is 11.6 Å². The van der Waals surface area contributed by atoms with E-state index in [1.54, 1.807) is 7.11 Å². The number of rotatable bonds is 4.